The molecule has 0 bridgehead atoms. The Bertz CT molecular complexity index is 933. The zero-order valence-electron chi connectivity index (χ0n) is 17.4. The van der Waals surface area contributed by atoms with Crippen molar-refractivity contribution in [1.29, 1.82) is 0 Å². The number of anilines is 2. The molecule has 0 radical (unpaired) electrons. The minimum absolute atomic E-state index is 1.19. The highest BCUT2D eigenvalue weighted by Gasteiger charge is 2.14. The fraction of sp³-hybridized carbons (Fsp3) is 0.214. The predicted molar refractivity (Wildman–Crippen MR) is 131 cm³/mol. The van der Waals surface area contributed by atoms with E-state index in [4.69, 9.17) is 0 Å². The molecule has 0 amide bonds. The molecule has 3 aromatic rings. The first-order chi connectivity index (χ1) is 14.8. The largest absolute Gasteiger partial charge is 0.371 e. The lowest BCUT2D eigenvalue weighted by Gasteiger charge is -2.33. The van der Waals surface area contributed by atoms with E-state index in [1.807, 2.05) is 0 Å². The Morgan fingerprint density at radius 2 is 0.667 bits per heavy atom. The van der Waals surface area contributed by atoms with E-state index in [0.717, 1.165) is 0 Å². The summed E-state index contributed by atoms with van der Waals surface area (Å²) in [5.41, 5.74) is 7.60. The van der Waals surface area contributed by atoms with Crippen LogP contribution in [0.15, 0.2) is 72.8 Å². The molecule has 2 fully saturated rings. The number of hydrogen-bond donors (Lipinski definition) is 0. The molecule has 0 saturated carbocycles. The van der Waals surface area contributed by atoms with E-state index in [1.165, 1.54) is 72.6 Å². The third kappa shape index (κ3) is 4.33. The SMILES string of the molecule is C(=Cc1ccc(N2CCC2)cc1)c1ccc(C=Cc2ccc(N3CCC3)cc2)cc1. The van der Waals surface area contributed by atoms with Crippen LogP contribution in [0.5, 0.6) is 0 Å². The van der Waals surface area contributed by atoms with Crippen LogP contribution in [0.4, 0.5) is 11.4 Å². The first kappa shape index (κ1) is 18.7. The van der Waals surface area contributed by atoms with Crippen LogP contribution < -0.4 is 9.80 Å². The topological polar surface area (TPSA) is 6.48 Å². The van der Waals surface area contributed by atoms with Gasteiger partial charge < -0.3 is 9.80 Å². The molecule has 3 aromatic carbocycles. The summed E-state index contributed by atoms with van der Waals surface area (Å²) in [6.07, 6.45) is 11.4. The van der Waals surface area contributed by atoms with E-state index in [-0.39, 0.29) is 0 Å². The van der Waals surface area contributed by atoms with E-state index < -0.39 is 0 Å². The van der Waals surface area contributed by atoms with Gasteiger partial charge in [-0.05, 0) is 59.4 Å². The molecule has 2 aliphatic heterocycles. The van der Waals surface area contributed by atoms with Crippen LogP contribution in [0.1, 0.15) is 35.1 Å². The quantitative estimate of drug-likeness (QED) is 0.445. The van der Waals surface area contributed by atoms with Gasteiger partial charge >= 0.3 is 0 Å². The molecule has 0 spiro atoms. The second-order valence-electron chi connectivity index (χ2n) is 8.20. The summed E-state index contributed by atoms with van der Waals surface area (Å²) in [5.74, 6) is 0. The smallest absolute Gasteiger partial charge is 0.0366 e. The Morgan fingerprint density at radius 3 is 0.900 bits per heavy atom. The Balaban J connectivity index is 1.18. The minimum Gasteiger partial charge on any atom is -0.371 e. The van der Waals surface area contributed by atoms with Crippen LogP contribution in [0, 0.1) is 0 Å². The number of benzene rings is 3. The fourth-order valence-electron chi connectivity index (χ4n) is 3.84. The predicted octanol–water partition coefficient (Wildman–Crippen LogP) is 6.45. The first-order valence-corrected chi connectivity index (χ1v) is 11.0. The highest BCUT2D eigenvalue weighted by molar-refractivity contribution is 5.74. The average molecular weight is 393 g/mol. The van der Waals surface area contributed by atoms with E-state index >= 15 is 0 Å². The molecular formula is C28H28N2. The van der Waals surface area contributed by atoms with Gasteiger partial charge in [0.15, 0.2) is 0 Å². The van der Waals surface area contributed by atoms with Crippen molar-refractivity contribution < 1.29 is 0 Å². The Labute approximate surface area is 179 Å². The molecule has 0 unspecified atom stereocenters. The molecule has 5 rings (SSSR count). The van der Waals surface area contributed by atoms with E-state index in [2.05, 4.69) is 107 Å². The van der Waals surface area contributed by atoms with Gasteiger partial charge in [0.05, 0.1) is 0 Å². The van der Waals surface area contributed by atoms with Crippen molar-refractivity contribution in [3.63, 3.8) is 0 Å². The summed E-state index contributed by atoms with van der Waals surface area (Å²) >= 11 is 0. The molecule has 2 aliphatic rings. The molecule has 0 aliphatic carbocycles. The molecule has 2 heteroatoms. The van der Waals surface area contributed by atoms with Crippen molar-refractivity contribution in [2.45, 2.75) is 12.8 Å². The van der Waals surface area contributed by atoms with Gasteiger partial charge in [-0.3, -0.25) is 0 Å². The van der Waals surface area contributed by atoms with Crippen LogP contribution in [-0.4, -0.2) is 26.2 Å². The van der Waals surface area contributed by atoms with Crippen molar-refractivity contribution in [3.05, 3.63) is 95.1 Å². The third-order valence-corrected chi connectivity index (χ3v) is 6.10. The highest BCUT2D eigenvalue weighted by Crippen LogP contribution is 2.23. The van der Waals surface area contributed by atoms with Crippen LogP contribution in [0.2, 0.25) is 0 Å². The fourth-order valence-corrected chi connectivity index (χ4v) is 3.84. The second-order valence-corrected chi connectivity index (χ2v) is 8.20. The maximum absolute atomic E-state index is 2.42. The summed E-state index contributed by atoms with van der Waals surface area (Å²) in [6, 6.07) is 26.4. The van der Waals surface area contributed by atoms with Crippen molar-refractivity contribution in [1.82, 2.24) is 0 Å². The van der Waals surface area contributed by atoms with Gasteiger partial charge in [0.2, 0.25) is 0 Å². The molecule has 150 valence electrons. The first-order valence-electron chi connectivity index (χ1n) is 11.0. The van der Waals surface area contributed by atoms with Crippen molar-refractivity contribution in [2.24, 2.45) is 0 Å². The van der Waals surface area contributed by atoms with Gasteiger partial charge in [-0.2, -0.15) is 0 Å². The second kappa shape index (κ2) is 8.62. The summed E-state index contributed by atoms with van der Waals surface area (Å²) in [5, 5.41) is 0. The lowest BCUT2D eigenvalue weighted by Crippen LogP contribution is -2.36. The monoisotopic (exact) mass is 392 g/mol. The number of rotatable bonds is 6. The number of hydrogen-bond acceptors (Lipinski definition) is 2. The molecule has 0 aromatic heterocycles. The summed E-state index contributed by atoms with van der Waals surface area (Å²) in [7, 11) is 0. The van der Waals surface area contributed by atoms with Gasteiger partial charge in [-0.15, -0.1) is 0 Å². The molecule has 2 nitrogen and oxygen atoms in total. The Kier molecular flexibility index (Phi) is 5.39. The normalized spacial score (nSPS) is 16.1. The molecule has 0 atom stereocenters. The summed E-state index contributed by atoms with van der Waals surface area (Å²) in [6.45, 7) is 4.78. The van der Waals surface area contributed by atoms with Crippen molar-refractivity contribution >= 4 is 35.7 Å². The van der Waals surface area contributed by atoms with Crippen LogP contribution in [0.3, 0.4) is 0 Å². The Hall–Kier alpha value is -3.26. The van der Waals surface area contributed by atoms with E-state index in [0.29, 0.717) is 0 Å². The van der Waals surface area contributed by atoms with Gasteiger partial charge in [-0.1, -0.05) is 72.8 Å². The van der Waals surface area contributed by atoms with Gasteiger partial charge in [0, 0.05) is 37.6 Å². The minimum atomic E-state index is 1.19. The maximum Gasteiger partial charge on any atom is 0.0366 e. The molecule has 30 heavy (non-hydrogen) atoms. The number of nitrogens with zero attached hydrogens (tertiary/aromatic N) is 2. The molecule has 0 N–H and O–H groups in total. The van der Waals surface area contributed by atoms with Crippen molar-refractivity contribution in [2.75, 3.05) is 36.0 Å². The standard InChI is InChI=1S/C28H28N2/c1-19-29(20-1)27-15-11-25(12-16-27)9-7-23-3-5-24(6-4-23)8-10-26-13-17-28(18-14-26)30-21-2-22-30/h3-18H,1-2,19-22H2. The Morgan fingerprint density at radius 1 is 0.400 bits per heavy atom. The van der Waals surface area contributed by atoms with Crippen LogP contribution in [0.25, 0.3) is 24.3 Å². The third-order valence-electron chi connectivity index (χ3n) is 6.10. The summed E-state index contributed by atoms with van der Waals surface area (Å²) in [4.78, 5) is 4.83. The van der Waals surface area contributed by atoms with E-state index in [9.17, 15) is 0 Å². The lowest BCUT2D eigenvalue weighted by molar-refractivity contribution is 0.618. The van der Waals surface area contributed by atoms with Gasteiger partial charge in [0.1, 0.15) is 0 Å². The van der Waals surface area contributed by atoms with Crippen LogP contribution in [-0.2, 0) is 0 Å². The van der Waals surface area contributed by atoms with Gasteiger partial charge in [0.25, 0.3) is 0 Å². The lowest BCUT2D eigenvalue weighted by atomic mass is 10.1. The van der Waals surface area contributed by atoms with Gasteiger partial charge in [-0.25, -0.2) is 0 Å². The molecular weight excluding hydrogens is 364 g/mol. The zero-order chi connectivity index (χ0) is 20.2. The molecule has 2 saturated heterocycles. The molecule has 2 heterocycles. The van der Waals surface area contributed by atoms with E-state index in [1.54, 1.807) is 0 Å². The maximum atomic E-state index is 2.42. The highest BCUT2D eigenvalue weighted by atomic mass is 15.2. The van der Waals surface area contributed by atoms with Crippen LogP contribution >= 0.6 is 0 Å². The summed E-state index contributed by atoms with van der Waals surface area (Å²) < 4.78 is 0. The average Bonchev–Trinajstić information content (AvgIpc) is 2.71. The van der Waals surface area contributed by atoms with Crippen molar-refractivity contribution in [3.8, 4) is 0 Å². The zero-order valence-corrected chi connectivity index (χ0v) is 17.4.